The minimum Gasteiger partial charge on any atom is -0.454 e. The van der Waals surface area contributed by atoms with Crippen molar-refractivity contribution in [2.24, 2.45) is 0 Å². The monoisotopic (exact) mass is 426 g/mol. The molecule has 0 fully saturated rings. The number of amides is 2. The van der Waals surface area contributed by atoms with Gasteiger partial charge in [0.05, 0.1) is 16.1 Å². The minimum absolute atomic E-state index is 0.0241. The van der Waals surface area contributed by atoms with Gasteiger partial charge in [0.2, 0.25) is 0 Å². The van der Waals surface area contributed by atoms with E-state index in [4.69, 9.17) is 16.3 Å². The van der Waals surface area contributed by atoms with Gasteiger partial charge in [-0.25, -0.2) is 13.6 Å². The molecule has 0 saturated carbocycles. The Hall–Kier alpha value is -3.78. The number of ether oxygens (including phenoxy) is 1. The molecule has 0 aliphatic rings. The van der Waals surface area contributed by atoms with Crippen molar-refractivity contribution in [1.82, 2.24) is 9.97 Å². The Morgan fingerprint density at radius 2 is 1.50 bits per heavy atom. The molecule has 2 amide bonds. The molecule has 0 spiro atoms. The van der Waals surface area contributed by atoms with Crippen molar-refractivity contribution in [1.29, 1.82) is 0 Å². The summed E-state index contributed by atoms with van der Waals surface area (Å²) in [6.07, 6.45) is 3.13. The zero-order chi connectivity index (χ0) is 21.1. The number of hydrogen-bond acceptors (Lipinski definition) is 4. The third-order valence-electron chi connectivity index (χ3n) is 4.04. The van der Waals surface area contributed by atoms with Crippen LogP contribution in [0.15, 0.2) is 67.0 Å². The summed E-state index contributed by atoms with van der Waals surface area (Å²) < 4.78 is 33.5. The van der Waals surface area contributed by atoms with Gasteiger partial charge in [0.15, 0.2) is 11.6 Å². The van der Waals surface area contributed by atoms with E-state index in [2.05, 4.69) is 20.6 Å². The van der Waals surface area contributed by atoms with Crippen LogP contribution >= 0.6 is 11.6 Å². The van der Waals surface area contributed by atoms with E-state index in [1.54, 1.807) is 30.6 Å². The second-order valence-corrected chi connectivity index (χ2v) is 6.57. The van der Waals surface area contributed by atoms with E-state index < -0.39 is 17.7 Å². The highest BCUT2D eigenvalue weighted by atomic mass is 35.5. The lowest BCUT2D eigenvalue weighted by atomic mass is 10.2. The molecule has 2 N–H and O–H groups in total. The highest BCUT2D eigenvalue weighted by Gasteiger charge is 2.10. The second kappa shape index (κ2) is 8.30. The molecule has 150 valence electrons. The van der Waals surface area contributed by atoms with Crippen LogP contribution in [0.25, 0.3) is 11.0 Å². The van der Waals surface area contributed by atoms with Gasteiger partial charge in [-0.3, -0.25) is 9.97 Å². The number of fused-ring (bicyclic) bond motifs is 1. The van der Waals surface area contributed by atoms with E-state index >= 15 is 0 Å². The van der Waals surface area contributed by atoms with Crippen molar-refractivity contribution in [3.63, 3.8) is 0 Å². The Morgan fingerprint density at radius 1 is 0.833 bits per heavy atom. The molecule has 0 bridgehead atoms. The standard InChI is InChI=1S/C21H13ClF2N4O2/c22-15-4-1-12(9-16(15)23)27-21(29)28-13-2-6-20(17(24)10-13)30-14-3-5-18-19(11-14)26-8-7-25-18/h1-11H,(H2,27,28,29). The van der Waals surface area contributed by atoms with Gasteiger partial charge in [0, 0.05) is 35.9 Å². The van der Waals surface area contributed by atoms with Crippen LogP contribution in [-0.4, -0.2) is 16.0 Å². The van der Waals surface area contributed by atoms with Crippen molar-refractivity contribution in [3.8, 4) is 11.5 Å². The number of urea groups is 1. The first-order valence-electron chi connectivity index (χ1n) is 8.69. The number of nitrogens with one attached hydrogen (secondary N) is 2. The molecule has 9 heteroatoms. The zero-order valence-corrected chi connectivity index (χ0v) is 16.0. The molecule has 3 aromatic carbocycles. The molecule has 0 radical (unpaired) electrons. The quantitative estimate of drug-likeness (QED) is 0.419. The SMILES string of the molecule is O=C(Nc1ccc(Cl)c(F)c1)Nc1ccc(Oc2ccc3nccnc3c2)c(F)c1. The molecule has 0 aliphatic carbocycles. The van der Waals surface area contributed by atoms with Gasteiger partial charge < -0.3 is 15.4 Å². The number of anilines is 2. The number of carbonyl (C=O) groups is 1. The molecule has 0 aliphatic heterocycles. The topological polar surface area (TPSA) is 76.1 Å². The Bertz CT molecular complexity index is 1250. The lowest BCUT2D eigenvalue weighted by Gasteiger charge is -2.11. The fourth-order valence-corrected chi connectivity index (χ4v) is 2.78. The van der Waals surface area contributed by atoms with Crippen LogP contribution in [0.5, 0.6) is 11.5 Å². The maximum atomic E-state index is 14.4. The zero-order valence-electron chi connectivity index (χ0n) is 15.2. The van der Waals surface area contributed by atoms with Crippen LogP contribution in [0.2, 0.25) is 5.02 Å². The largest absolute Gasteiger partial charge is 0.454 e. The Morgan fingerprint density at radius 3 is 2.20 bits per heavy atom. The first-order chi connectivity index (χ1) is 14.5. The first kappa shape index (κ1) is 19.5. The van der Waals surface area contributed by atoms with Gasteiger partial charge in [0.1, 0.15) is 11.6 Å². The molecular formula is C21H13ClF2N4O2. The summed E-state index contributed by atoms with van der Waals surface area (Å²) in [6, 6.07) is 12.1. The summed E-state index contributed by atoms with van der Waals surface area (Å²) in [5, 5.41) is 4.84. The fraction of sp³-hybridized carbons (Fsp3) is 0. The van der Waals surface area contributed by atoms with Crippen molar-refractivity contribution in [2.75, 3.05) is 10.6 Å². The van der Waals surface area contributed by atoms with Gasteiger partial charge in [-0.1, -0.05) is 11.6 Å². The summed E-state index contributed by atoms with van der Waals surface area (Å²) in [6.45, 7) is 0. The molecule has 4 aromatic rings. The van der Waals surface area contributed by atoms with Crippen molar-refractivity contribution in [3.05, 3.63) is 83.6 Å². The molecule has 6 nitrogen and oxygen atoms in total. The van der Waals surface area contributed by atoms with E-state index in [-0.39, 0.29) is 22.1 Å². The summed E-state index contributed by atoms with van der Waals surface area (Å²) >= 11 is 5.60. The van der Waals surface area contributed by atoms with Crippen molar-refractivity contribution < 1.29 is 18.3 Å². The van der Waals surface area contributed by atoms with E-state index in [0.29, 0.717) is 16.8 Å². The maximum absolute atomic E-state index is 14.4. The molecule has 1 heterocycles. The van der Waals surface area contributed by atoms with E-state index in [0.717, 1.165) is 12.1 Å². The molecule has 4 rings (SSSR count). The molecule has 1 aromatic heterocycles. The van der Waals surface area contributed by atoms with Gasteiger partial charge in [0.25, 0.3) is 0 Å². The maximum Gasteiger partial charge on any atom is 0.323 e. The van der Waals surface area contributed by atoms with Crippen LogP contribution < -0.4 is 15.4 Å². The predicted molar refractivity (Wildman–Crippen MR) is 110 cm³/mol. The van der Waals surface area contributed by atoms with Crippen LogP contribution in [0.1, 0.15) is 0 Å². The Labute approximate surface area is 174 Å². The lowest BCUT2D eigenvalue weighted by Crippen LogP contribution is -2.19. The number of aromatic nitrogens is 2. The highest BCUT2D eigenvalue weighted by Crippen LogP contribution is 2.28. The molecule has 0 atom stereocenters. The Balaban J connectivity index is 1.44. The van der Waals surface area contributed by atoms with Crippen LogP contribution in [0.4, 0.5) is 25.0 Å². The number of nitrogens with zero attached hydrogens (tertiary/aromatic N) is 2. The average Bonchev–Trinajstić information content (AvgIpc) is 2.72. The van der Waals surface area contributed by atoms with Gasteiger partial charge in [-0.15, -0.1) is 0 Å². The molecule has 30 heavy (non-hydrogen) atoms. The minimum atomic E-state index is -0.676. The van der Waals surface area contributed by atoms with Gasteiger partial charge >= 0.3 is 6.03 Å². The third-order valence-corrected chi connectivity index (χ3v) is 4.34. The van der Waals surface area contributed by atoms with E-state index in [9.17, 15) is 13.6 Å². The van der Waals surface area contributed by atoms with Crippen LogP contribution in [-0.2, 0) is 0 Å². The van der Waals surface area contributed by atoms with Gasteiger partial charge in [-0.05, 0) is 42.5 Å². The molecular weight excluding hydrogens is 414 g/mol. The predicted octanol–water partition coefficient (Wildman–Crippen LogP) is 6.00. The van der Waals surface area contributed by atoms with Gasteiger partial charge in [-0.2, -0.15) is 0 Å². The number of rotatable bonds is 4. The fourth-order valence-electron chi connectivity index (χ4n) is 2.66. The second-order valence-electron chi connectivity index (χ2n) is 6.16. The highest BCUT2D eigenvalue weighted by molar-refractivity contribution is 6.30. The number of carbonyl (C=O) groups excluding carboxylic acids is 1. The summed E-state index contributed by atoms with van der Waals surface area (Å²) in [4.78, 5) is 20.4. The van der Waals surface area contributed by atoms with E-state index in [1.807, 2.05) is 0 Å². The summed E-state index contributed by atoms with van der Waals surface area (Å²) in [5.41, 5.74) is 1.70. The number of benzene rings is 3. The Kier molecular flexibility index (Phi) is 5.40. The van der Waals surface area contributed by atoms with Crippen molar-refractivity contribution >= 4 is 40.0 Å². The number of hydrogen-bond donors (Lipinski definition) is 2. The number of halogens is 3. The third kappa shape index (κ3) is 4.44. The normalized spacial score (nSPS) is 10.6. The summed E-state index contributed by atoms with van der Waals surface area (Å²) in [7, 11) is 0. The van der Waals surface area contributed by atoms with Crippen LogP contribution in [0, 0.1) is 11.6 Å². The lowest BCUT2D eigenvalue weighted by molar-refractivity contribution is 0.262. The average molecular weight is 427 g/mol. The first-order valence-corrected chi connectivity index (χ1v) is 9.07. The summed E-state index contributed by atoms with van der Waals surface area (Å²) in [5.74, 6) is -0.972. The molecule has 0 unspecified atom stereocenters. The smallest absolute Gasteiger partial charge is 0.323 e. The van der Waals surface area contributed by atoms with Crippen molar-refractivity contribution in [2.45, 2.75) is 0 Å². The van der Waals surface area contributed by atoms with Crippen LogP contribution in [0.3, 0.4) is 0 Å². The van der Waals surface area contributed by atoms with E-state index in [1.165, 1.54) is 24.3 Å². The molecule has 0 saturated heterocycles.